The van der Waals surface area contributed by atoms with Gasteiger partial charge >= 0.3 is 68.4 Å². The summed E-state index contributed by atoms with van der Waals surface area (Å²) in [5.74, 6) is 0. The van der Waals surface area contributed by atoms with Crippen LogP contribution in [0.3, 0.4) is 0 Å². The van der Waals surface area contributed by atoms with Gasteiger partial charge in [-0.1, -0.05) is 0 Å². The Morgan fingerprint density at radius 3 is 1.75 bits per heavy atom. The zero-order valence-electron chi connectivity index (χ0n) is 8.94. The summed E-state index contributed by atoms with van der Waals surface area (Å²) in [5, 5.41) is 0. The minimum atomic E-state index is -2.87. The summed E-state index contributed by atoms with van der Waals surface area (Å²) in [6.07, 6.45) is 8.01. The SMILES string of the molecule is O.[CH3][Hf]([CH3])([CH3])([CH3])([CH3])[C]1=CC=CC1. The van der Waals surface area contributed by atoms with Crippen molar-refractivity contribution < 1.29 is 22.5 Å². The molecule has 0 aliphatic heterocycles. The van der Waals surface area contributed by atoms with Crippen LogP contribution in [-0.2, 0) is 17.0 Å². The fourth-order valence-electron chi connectivity index (χ4n) is 1.37. The van der Waals surface area contributed by atoms with Crippen LogP contribution in [0.25, 0.3) is 0 Å². The molecule has 1 aliphatic carbocycles. The van der Waals surface area contributed by atoms with Crippen LogP contribution in [-0.4, -0.2) is 5.48 Å². The van der Waals surface area contributed by atoms with Crippen LogP contribution >= 0.6 is 0 Å². The topological polar surface area (TPSA) is 31.5 Å². The van der Waals surface area contributed by atoms with Crippen LogP contribution in [0.5, 0.6) is 0 Å². The summed E-state index contributed by atoms with van der Waals surface area (Å²) in [4.78, 5) is 0. The van der Waals surface area contributed by atoms with Crippen molar-refractivity contribution in [3.63, 3.8) is 0 Å². The Hall–Kier alpha value is 0.310. The molecule has 0 saturated heterocycles. The van der Waals surface area contributed by atoms with Gasteiger partial charge in [-0.15, -0.1) is 0 Å². The molecule has 0 amide bonds. The first-order valence-electron chi connectivity index (χ1n) is 4.47. The van der Waals surface area contributed by atoms with Gasteiger partial charge in [-0.3, -0.25) is 0 Å². The van der Waals surface area contributed by atoms with Gasteiger partial charge in [0.1, 0.15) is 0 Å². The van der Waals surface area contributed by atoms with Crippen LogP contribution < -0.4 is 0 Å². The molecular weight excluding hydrogens is 315 g/mol. The van der Waals surface area contributed by atoms with Gasteiger partial charge in [0.05, 0.1) is 0 Å². The summed E-state index contributed by atoms with van der Waals surface area (Å²) in [7, 11) is 0. The normalized spacial score (nSPS) is 22.2. The molecule has 0 atom stereocenters. The Bertz CT molecular complexity index is 237. The van der Waals surface area contributed by atoms with E-state index in [4.69, 9.17) is 0 Å². The van der Waals surface area contributed by atoms with Gasteiger partial charge in [-0.05, 0) is 0 Å². The van der Waals surface area contributed by atoms with E-state index in [-0.39, 0.29) is 5.48 Å². The van der Waals surface area contributed by atoms with E-state index in [0.29, 0.717) is 0 Å². The summed E-state index contributed by atoms with van der Waals surface area (Å²) in [6.45, 7) is 0. The molecule has 12 heavy (non-hydrogen) atoms. The van der Waals surface area contributed by atoms with Gasteiger partial charge in [-0.25, -0.2) is 0 Å². The molecule has 1 nitrogen and oxygen atoms in total. The van der Waals surface area contributed by atoms with E-state index in [2.05, 4.69) is 41.6 Å². The molecule has 0 aromatic carbocycles. The van der Waals surface area contributed by atoms with Gasteiger partial charge in [-0.2, -0.15) is 0 Å². The molecule has 0 spiro atoms. The Balaban J connectivity index is 0.00000121. The van der Waals surface area contributed by atoms with Crippen LogP contribution in [0, 0.1) is 0 Å². The number of hydrogen-bond acceptors (Lipinski definition) is 0. The first-order valence-corrected chi connectivity index (χ1v) is 24.2. The molecule has 2 heteroatoms. The Morgan fingerprint density at radius 1 is 1.08 bits per heavy atom. The predicted octanol–water partition coefficient (Wildman–Crippen LogP) is 3.47. The van der Waals surface area contributed by atoms with E-state index in [1.54, 1.807) is 3.33 Å². The molecular formula is C10H22HfO. The quantitative estimate of drug-likeness (QED) is 0.657. The number of rotatable bonds is 1. The van der Waals surface area contributed by atoms with E-state index in [1.807, 2.05) is 0 Å². The molecule has 0 aromatic heterocycles. The monoisotopic (exact) mass is 338 g/mol. The Labute approximate surface area is 73.8 Å². The third kappa shape index (κ3) is 2.98. The van der Waals surface area contributed by atoms with E-state index in [0.717, 1.165) is 0 Å². The van der Waals surface area contributed by atoms with E-state index in [1.165, 1.54) is 6.42 Å². The maximum absolute atomic E-state index is 2.87. The molecule has 0 radical (unpaired) electrons. The van der Waals surface area contributed by atoms with E-state index < -0.39 is 17.0 Å². The van der Waals surface area contributed by atoms with Crippen molar-refractivity contribution in [3.8, 4) is 0 Å². The summed E-state index contributed by atoms with van der Waals surface area (Å²) in [5.41, 5.74) is 0. The van der Waals surface area contributed by atoms with Gasteiger partial charge in [0.15, 0.2) is 0 Å². The van der Waals surface area contributed by atoms with Gasteiger partial charge in [0.25, 0.3) is 0 Å². The average Bonchev–Trinajstić information content (AvgIpc) is 2.01. The van der Waals surface area contributed by atoms with Crippen LogP contribution in [0.2, 0.25) is 23.4 Å². The Kier molecular flexibility index (Phi) is 2.48. The molecule has 0 heterocycles. The van der Waals surface area contributed by atoms with E-state index in [9.17, 15) is 0 Å². The fourth-order valence-corrected chi connectivity index (χ4v) is 8.80. The molecule has 0 unspecified atom stereocenters. The predicted molar refractivity (Wildman–Crippen MR) is 54.8 cm³/mol. The minimum absolute atomic E-state index is 0. The average molecular weight is 337 g/mol. The van der Waals surface area contributed by atoms with Gasteiger partial charge in [0, 0.05) is 0 Å². The van der Waals surface area contributed by atoms with Gasteiger partial charge < -0.3 is 5.48 Å². The van der Waals surface area contributed by atoms with Crippen LogP contribution in [0.15, 0.2) is 21.6 Å². The summed E-state index contributed by atoms with van der Waals surface area (Å²) >= 11 is -2.87. The van der Waals surface area contributed by atoms with Gasteiger partial charge in [0.2, 0.25) is 0 Å². The number of allylic oxidation sites excluding steroid dienone is 4. The first kappa shape index (κ1) is 12.3. The van der Waals surface area contributed by atoms with Crippen molar-refractivity contribution in [2.24, 2.45) is 0 Å². The van der Waals surface area contributed by atoms with Crippen molar-refractivity contribution >= 4 is 0 Å². The summed E-state index contributed by atoms with van der Waals surface area (Å²) in [6, 6.07) is 0. The van der Waals surface area contributed by atoms with Crippen molar-refractivity contribution in [1.29, 1.82) is 0 Å². The fraction of sp³-hybridized carbons (Fsp3) is 0.600. The third-order valence-electron chi connectivity index (χ3n) is 2.38. The maximum atomic E-state index is 2.51. The van der Waals surface area contributed by atoms with E-state index >= 15 is 0 Å². The second kappa shape index (κ2) is 2.42. The Morgan fingerprint density at radius 2 is 1.58 bits per heavy atom. The molecule has 0 saturated carbocycles. The molecule has 0 fully saturated rings. The third-order valence-corrected chi connectivity index (χ3v) is 15.2. The zero-order valence-corrected chi connectivity index (χ0v) is 12.5. The standard InChI is InChI=1S/C5H5.5CH3.Hf.H2O/c1-2-4-5-3-1;;;;;;;/h1-3H,4H2;5*1H3;;1H2. The van der Waals surface area contributed by atoms with Crippen molar-refractivity contribution in [3.05, 3.63) is 21.6 Å². The van der Waals surface area contributed by atoms with Crippen LogP contribution in [0.4, 0.5) is 0 Å². The molecule has 0 bridgehead atoms. The second-order valence-electron chi connectivity index (χ2n) is 7.57. The molecule has 2 N–H and O–H groups in total. The second-order valence-corrected chi connectivity index (χ2v) is 54.8. The van der Waals surface area contributed by atoms with Crippen molar-refractivity contribution in [2.75, 3.05) is 0 Å². The molecule has 1 rings (SSSR count). The first-order chi connectivity index (χ1) is 4.59. The van der Waals surface area contributed by atoms with Crippen molar-refractivity contribution in [1.82, 2.24) is 0 Å². The summed E-state index contributed by atoms with van der Waals surface area (Å²) < 4.78 is 14.3. The molecule has 72 valence electrons. The van der Waals surface area contributed by atoms with Crippen molar-refractivity contribution in [2.45, 2.75) is 29.8 Å². The molecule has 1 aliphatic rings. The van der Waals surface area contributed by atoms with Crippen LogP contribution in [0.1, 0.15) is 6.42 Å². The molecule has 0 aromatic rings. The zero-order chi connectivity index (χ0) is 8.81. The number of hydrogen-bond donors (Lipinski definition) is 0.